The standard InChI is InChI=1S/C24H34O5S/c1-5-10-19(20-11-7-6-8-12-20)13-9-14-24(25)29-22-16-21(17(2)3)23(15-18(22)4)30(26,27)28/h9-10,13,15-17,20H,5-8,11-12,14H2,1-4H3,(H,26,27,28)/b13-9-,19-10+. The summed E-state index contributed by atoms with van der Waals surface area (Å²) < 4.78 is 38.3. The number of hydrogen-bond donors (Lipinski definition) is 1. The molecule has 166 valence electrons. The van der Waals surface area contributed by atoms with Crippen LogP contribution in [0.5, 0.6) is 5.75 Å². The SMILES string of the molecule is CC/C=C(\C=C/CC(=O)Oc1cc(C(C)C)c(S(=O)(=O)O)cc1C)C1CCCCC1. The van der Waals surface area contributed by atoms with Gasteiger partial charge in [0.05, 0.1) is 11.3 Å². The number of aryl methyl sites for hydroxylation is 1. The Kier molecular flexibility index (Phi) is 8.86. The van der Waals surface area contributed by atoms with E-state index in [0.29, 0.717) is 22.8 Å². The Labute approximate surface area is 181 Å². The Morgan fingerprint density at radius 3 is 2.47 bits per heavy atom. The lowest BCUT2D eigenvalue weighted by atomic mass is 9.83. The molecule has 0 bridgehead atoms. The molecule has 1 aliphatic rings. The lowest BCUT2D eigenvalue weighted by molar-refractivity contribution is -0.133. The second kappa shape index (κ2) is 10.9. The van der Waals surface area contributed by atoms with Crippen molar-refractivity contribution in [2.45, 2.75) is 83.5 Å². The van der Waals surface area contributed by atoms with Crippen molar-refractivity contribution in [2.75, 3.05) is 0 Å². The van der Waals surface area contributed by atoms with Gasteiger partial charge in [0.25, 0.3) is 10.1 Å². The Bertz CT molecular complexity index is 904. The van der Waals surface area contributed by atoms with Crippen molar-refractivity contribution < 1.29 is 22.5 Å². The van der Waals surface area contributed by atoms with E-state index in [1.54, 1.807) is 6.92 Å². The molecule has 1 aromatic carbocycles. The zero-order valence-corrected chi connectivity index (χ0v) is 19.3. The van der Waals surface area contributed by atoms with Gasteiger partial charge in [-0.1, -0.05) is 58.3 Å². The minimum Gasteiger partial charge on any atom is -0.426 e. The van der Waals surface area contributed by atoms with Crippen LogP contribution in [0.3, 0.4) is 0 Å². The van der Waals surface area contributed by atoms with Gasteiger partial charge in [0, 0.05) is 0 Å². The largest absolute Gasteiger partial charge is 0.426 e. The molecule has 1 fully saturated rings. The molecule has 0 saturated heterocycles. The van der Waals surface area contributed by atoms with Crippen molar-refractivity contribution >= 4 is 16.1 Å². The lowest BCUT2D eigenvalue weighted by Crippen LogP contribution is -2.11. The molecule has 0 amide bonds. The lowest BCUT2D eigenvalue weighted by Gasteiger charge is -2.23. The summed E-state index contributed by atoms with van der Waals surface area (Å²) in [5.74, 6) is 0.344. The first-order chi connectivity index (χ1) is 14.1. The molecule has 2 rings (SSSR count). The molecular weight excluding hydrogens is 400 g/mol. The van der Waals surface area contributed by atoms with Gasteiger partial charge in [-0.25, -0.2) is 0 Å². The van der Waals surface area contributed by atoms with Gasteiger partial charge in [-0.2, -0.15) is 8.42 Å². The van der Waals surface area contributed by atoms with Crippen LogP contribution in [0, 0.1) is 12.8 Å². The van der Waals surface area contributed by atoms with Gasteiger partial charge in [-0.05, 0) is 66.9 Å². The summed E-state index contributed by atoms with van der Waals surface area (Å²) in [5, 5.41) is 0. The molecule has 0 radical (unpaired) electrons. The molecule has 0 aliphatic heterocycles. The molecule has 30 heavy (non-hydrogen) atoms. The Morgan fingerprint density at radius 1 is 1.23 bits per heavy atom. The predicted molar refractivity (Wildman–Crippen MR) is 119 cm³/mol. The van der Waals surface area contributed by atoms with Gasteiger partial charge in [-0.15, -0.1) is 0 Å². The fourth-order valence-corrected chi connectivity index (χ4v) is 4.88. The predicted octanol–water partition coefficient (Wildman–Crippen LogP) is 6.13. The Morgan fingerprint density at radius 2 is 1.90 bits per heavy atom. The van der Waals surface area contributed by atoms with E-state index in [1.807, 2.05) is 19.9 Å². The summed E-state index contributed by atoms with van der Waals surface area (Å²) in [7, 11) is -4.34. The molecule has 1 N–H and O–H groups in total. The van der Waals surface area contributed by atoms with E-state index in [4.69, 9.17) is 4.74 Å². The molecular formula is C24H34O5S. The maximum Gasteiger partial charge on any atom is 0.315 e. The third-order valence-corrected chi connectivity index (χ3v) is 6.45. The van der Waals surface area contributed by atoms with E-state index in [0.717, 1.165) is 6.42 Å². The van der Waals surface area contributed by atoms with Crippen molar-refractivity contribution in [1.29, 1.82) is 0 Å². The minimum absolute atomic E-state index is 0.142. The molecule has 6 heteroatoms. The highest BCUT2D eigenvalue weighted by atomic mass is 32.2. The molecule has 1 aromatic rings. The highest BCUT2D eigenvalue weighted by Gasteiger charge is 2.21. The van der Waals surface area contributed by atoms with Crippen LogP contribution in [0.4, 0.5) is 0 Å². The number of benzene rings is 1. The van der Waals surface area contributed by atoms with Crippen LogP contribution in [0.2, 0.25) is 0 Å². The molecule has 1 saturated carbocycles. The van der Waals surface area contributed by atoms with Crippen molar-refractivity contribution in [3.05, 3.63) is 47.1 Å². The topological polar surface area (TPSA) is 80.7 Å². The molecule has 0 atom stereocenters. The van der Waals surface area contributed by atoms with Crippen LogP contribution in [-0.2, 0) is 14.9 Å². The number of rotatable bonds is 8. The maximum atomic E-state index is 12.4. The van der Waals surface area contributed by atoms with Crippen molar-refractivity contribution in [3.8, 4) is 5.75 Å². The zero-order valence-electron chi connectivity index (χ0n) is 18.5. The van der Waals surface area contributed by atoms with E-state index >= 15 is 0 Å². The average molecular weight is 435 g/mol. The van der Waals surface area contributed by atoms with Crippen LogP contribution in [0.25, 0.3) is 0 Å². The fourth-order valence-electron chi connectivity index (χ4n) is 3.96. The third kappa shape index (κ3) is 6.81. The highest BCUT2D eigenvalue weighted by molar-refractivity contribution is 7.85. The van der Waals surface area contributed by atoms with Crippen LogP contribution in [0.15, 0.2) is 40.8 Å². The molecule has 0 heterocycles. The van der Waals surface area contributed by atoms with Gasteiger partial charge in [0.1, 0.15) is 5.75 Å². The van der Waals surface area contributed by atoms with Gasteiger partial charge >= 0.3 is 5.97 Å². The van der Waals surface area contributed by atoms with E-state index in [9.17, 15) is 17.8 Å². The molecule has 5 nitrogen and oxygen atoms in total. The first-order valence-electron chi connectivity index (χ1n) is 10.8. The first kappa shape index (κ1) is 24.4. The number of carbonyl (C=O) groups is 1. The van der Waals surface area contributed by atoms with Crippen molar-refractivity contribution in [3.63, 3.8) is 0 Å². The van der Waals surface area contributed by atoms with E-state index in [1.165, 1.54) is 49.8 Å². The Balaban J connectivity index is 2.11. The van der Waals surface area contributed by atoms with E-state index < -0.39 is 16.1 Å². The molecule has 0 spiro atoms. The second-order valence-corrected chi connectivity index (χ2v) is 9.70. The summed E-state index contributed by atoms with van der Waals surface area (Å²) in [5.41, 5.74) is 2.21. The molecule has 0 unspecified atom stereocenters. The van der Waals surface area contributed by atoms with Crippen LogP contribution in [0.1, 0.15) is 82.8 Å². The summed E-state index contributed by atoms with van der Waals surface area (Å²) >= 11 is 0. The van der Waals surface area contributed by atoms with Crippen LogP contribution in [-0.4, -0.2) is 18.9 Å². The van der Waals surface area contributed by atoms with Gasteiger partial charge in [0.2, 0.25) is 0 Å². The number of allylic oxidation sites excluding steroid dienone is 3. The summed E-state index contributed by atoms with van der Waals surface area (Å²) in [4.78, 5) is 12.2. The normalized spacial score (nSPS) is 16.4. The first-order valence-corrected chi connectivity index (χ1v) is 12.3. The number of esters is 1. The Hall–Kier alpha value is -1.92. The van der Waals surface area contributed by atoms with Gasteiger partial charge in [0.15, 0.2) is 0 Å². The summed E-state index contributed by atoms with van der Waals surface area (Å²) in [6.45, 7) is 7.42. The van der Waals surface area contributed by atoms with Gasteiger partial charge < -0.3 is 4.74 Å². The summed E-state index contributed by atoms with van der Waals surface area (Å²) in [6.07, 6.45) is 13.5. The fraction of sp³-hybridized carbons (Fsp3) is 0.542. The van der Waals surface area contributed by atoms with E-state index in [2.05, 4.69) is 19.1 Å². The van der Waals surface area contributed by atoms with Crippen molar-refractivity contribution in [1.82, 2.24) is 0 Å². The quantitative estimate of drug-likeness (QED) is 0.230. The van der Waals surface area contributed by atoms with Gasteiger partial charge in [-0.3, -0.25) is 9.35 Å². The highest BCUT2D eigenvalue weighted by Crippen LogP contribution is 2.32. The number of carbonyl (C=O) groups excluding carboxylic acids is 1. The molecule has 1 aliphatic carbocycles. The van der Waals surface area contributed by atoms with Crippen molar-refractivity contribution in [2.24, 2.45) is 5.92 Å². The van der Waals surface area contributed by atoms with E-state index in [-0.39, 0.29) is 17.2 Å². The average Bonchev–Trinajstić information content (AvgIpc) is 2.68. The maximum absolute atomic E-state index is 12.4. The number of ether oxygens (including phenoxy) is 1. The summed E-state index contributed by atoms with van der Waals surface area (Å²) in [6, 6.07) is 2.89. The van der Waals surface area contributed by atoms with Crippen LogP contribution >= 0.6 is 0 Å². The second-order valence-electron chi connectivity index (χ2n) is 8.31. The minimum atomic E-state index is -4.34. The molecule has 0 aromatic heterocycles. The zero-order chi connectivity index (χ0) is 22.3. The third-order valence-electron chi connectivity index (χ3n) is 5.54. The van der Waals surface area contributed by atoms with Crippen LogP contribution < -0.4 is 4.74 Å². The monoisotopic (exact) mass is 434 g/mol. The number of hydrogen-bond acceptors (Lipinski definition) is 4. The smallest absolute Gasteiger partial charge is 0.315 e.